The van der Waals surface area contributed by atoms with E-state index in [1.54, 1.807) is 4.74 Å². The van der Waals surface area contributed by atoms with Crippen molar-refractivity contribution in [2.45, 2.75) is 30.4 Å². The Morgan fingerprint density at radius 2 is 1.05 bits per heavy atom. The maximum Gasteiger partial charge on any atom is 0.478 e. The molecule has 0 radical (unpaired) electrons. The zero-order chi connectivity index (χ0) is 16.6. The monoisotopic (exact) mass is 332 g/mol. The molecule has 1 unspecified atom stereocenters. The minimum Gasteiger partial charge on any atom is -0.319 e. The fourth-order valence-corrected chi connectivity index (χ4v) is 0.695. The van der Waals surface area contributed by atoms with Crippen LogP contribution in [0.25, 0.3) is 0 Å². The molecule has 0 N–H and O–H groups in total. The lowest BCUT2D eigenvalue weighted by Gasteiger charge is -2.36. The van der Waals surface area contributed by atoms with Gasteiger partial charge in [0.1, 0.15) is 0 Å². The van der Waals surface area contributed by atoms with Crippen molar-refractivity contribution in [3.63, 3.8) is 0 Å². The van der Waals surface area contributed by atoms with Gasteiger partial charge in [-0.25, -0.2) is 0 Å². The molecule has 0 heterocycles. The van der Waals surface area contributed by atoms with Crippen LogP contribution in [0.15, 0.2) is 0 Å². The lowest BCUT2D eigenvalue weighted by Crippen LogP contribution is -2.63. The van der Waals surface area contributed by atoms with Crippen LogP contribution < -0.4 is 0 Å². The topological polar surface area (TPSA) is 27.7 Å². The van der Waals surface area contributed by atoms with Gasteiger partial charge in [0.15, 0.2) is 0 Å². The van der Waals surface area contributed by atoms with Crippen molar-refractivity contribution in [3.8, 4) is 0 Å². The van der Waals surface area contributed by atoms with Crippen LogP contribution >= 0.6 is 0 Å². The van der Waals surface area contributed by atoms with Gasteiger partial charge in [-0.15, -0.1) is 4.94 Å². The van der Waals surface area contributed by atoms with Gasteiger partial charge in [0.2, 0.25) is 0 Å². The van der Waals surface area contributed by atoms with Crippen molar-refractivity contribution >= 4 is 0 Å². The fourth-order valence-electron chi connectivity index (χ4n) is 0.695. The summed E-state index contributed by atoms with van der Waals surface area (Å²) in [7, 11) is -0.259. The van der Waals surface area contributed by atoms with Crippen molar-refractivity contribution in [3.05, 3.63) is 0 Å². The van der Waals surface area contributed by atoms with Gasteiger partial charge in [-0.2, -0.15) is 43.9 Å². The van der Waals surface area contributed by atoms with Crippen LogP contribution in [-0.4, -0.2) is 37.5 Å². The summed E-state index contributed by atoms with van der Waals surface area (Å²) in [6.07, 6.45) is -26.3. The smallest absolute Gasteiger partial charge is 0.319 e. The normalized spacial score (nSPS) is 18.0. The first-order valence-electron chi connectivity index (χ1n) is 4.02. The van der Waals surface area contributed by atoms with E-state index >= 15 is 0 Å². The second-order valence-corrected chi connectivity index (χ2v) is 3.03. The first-order valence-corrected chi connectivity index (χ1v) is 4.02. The summed E-state index contributed by atoms with van der Waals surface area (Å²) in [5.74, 6) is -6.71. The van der Waals surface area contributed by atoms with Crippen molar-refractivity contribution in [2.75, 3.05) is 7.11 Å². The number of alkyl halides is 10. The highest BCUT2D eigenvalue weighted by Gasteiger charge is 2.80. The molecular formula is C6H3F11O3. The average Bonchev–Trinajstić information content (AvgIpc) is 2.26. The third kappa shape index (κ3) is 3.06. The molecule has 0 bridgehead atoms. The molecule has 0 aromatic rings. The number of rotatable bonds is 6. The first-order chi connectivity index (χ1) is 8.58. The Labute approximate surface area is 102 Å². The van der Waals surface area contributed by atoms with E-state index in [9.17, 15) is 48.4 Å². The molecule has 1 atom stereocenters. The lowest BCUT2D eigenvalue weighted by molar-refractivity contribution is -0.552. The molecule has 3 nitrogen and oxygen atoms in total. The molecular weight excluding hydrogens is 329 g/mol. The highest BCUT2D eigenvalue weighted by Crippen LogP contribution is 2.51. The van der Waals surface area contributed by atoms with Gasteiger partial charge in [0.05, 0.1) is 0 Å². The Morgan fingerprint density at radius 3 is 1.30 bits per heavy atom. The molecule has 0 saturated carbocycles. The molecule has 122 valence electrons. The quantitative estimate of drug-likeness (QED) is 0.696. The van der Waals surface area contributed by atoms with E-state index in [1.165, 1.54) is 4.94 Å². The summed E-state index contributed by atoms with van der Waals surface area (Å²) >= 11 is 0. The summed E-state index contributed by atoms with van der Waals surface area (Å²) in [6, 6.07) is 0. The Hall–Kier alpha value is -0.890. The van der Waals surface area contributed by atoms with Crippen molar-refractivity contribution in [1.82, 2.24) is 0 Å². The minimum absolute atomic E-state index is 0.259. The molecule has 0 aromatic carbocycles. The van der Waals surface area contributed by atoms with E-state index < -0.39 is 30.4 Å². The van der Waals surface area contributed by atoms with E-state index in [0.29, 0.717) is 0 Å². The molecule has 0 aromatic heterocycles. The van der Waals surface area contributed by atoms with Crippen LogP contribution in [-0.2, 0) is 14.4 Å². The molecule has 20 heavy (non-hydrogen) atoms. The first kappa shape index (κ1) is 19.1. The largest absolute Gasteiger partial charge is 0.478 e. The molecule has 0 amide bonds. The number of ether oxygens (including phenoxy) is 2. The summed E-state index contributed by atoms with van der Waals surface area (Å²) in [5.41, 5.74) is 0. The zero-order valence-electron chi connectivity index (χ0n) is 8.88. The van der Waals surface area contributed by atoms with Crippen LogP contribution in [0.1, 0.15) is 0 Å². The molecule has 0 fully saturated rings. The third-order valence-electron chi connectivity index (χ3n) is 1.70. The van der Waals surface area contributed by atoms with Gasteiger partial charge in [-0.05, 0) is 4.53 Å². The van der Waals surface area contributed by atoms with Gasteiger partial charge in [0.25, 0.3) is 0 Å². The second kappa shape index (κ2) is 5.14. The van der Waals surface area contributed by atoms with Crippen LogP contribution in [0.5, 0.6) is 0 Å². The highest BCUT2D eigenvalue weighted by atomic mass is 19.4. The molecule has 0 saturated heterocycles. The molecule has 14 heteroatoms. The molecule has 0 aliphatic carbocycles. The van der Waals surface area contributed by atoms with Gasteiger partial charge < -0.3 is 4.74 Å². The second-order valence-electron chi connectivity index (χ2n) is 3.03. The summed E-state index contributed by atoms with van der Waals surface area (Å²) in [5, 5.41) is 0. The lowest BCUT2D eigenvalue weighted by atomic mass is 10.2. The van der Waals surface area contributed by atoms with Crippen LogP contribution in [0.3, 0.4) is 0 Å². The predicted molar refractivity (Wildman–Crippen MR) is 35.0 cm³/mol. The number of hydrogen-bond donors (Lipinski definition) is 0. The summed E-state index contributed by atoms with van der Waals surface area (Å²) in [4.78, 5) is 1.28. The predicted octanol–water partition coefficient (Wildman–Crippen LogP) is 3.56. The average molecular weight is 332 g/mol. The number of methoxy groups -OCH3 is 1. The van der Waals surface area contributed by atoms with Crippen LogP contribution in [0, 0.1) is 0 Å². The van der Waals surface area contributed by atoms with Gasteiger partial charge in [-0.1, -0.05) is 0 Å². The summed E-state index contributed by atoms with van der Waals surface area (Å²) < 4.78 is 139. The van der Waals surface area contributed by atoms with Crippen molar-refractivity contribution in [2.24, 2.45) is 0 Å². The fraction of sp³-hybridized carbons (Fsp3) is 1.00. The Balaban J connectivity index is 5.76. The number of hydrogen-bond acceptors (Lipinski definition) is 3. The SMILES string of the molecule is COC(F)(F)C(F)(OC(F)(F)C(F)(F)OF)C(F)(F)F. The summed E-state index contributed by atoms with van der Waals surface area (Å²) in [6.45, 7) is 0. The van der Waals surface area contributed by atoms with Crippen molar-refractivity contribution < 1.29 is 62.8 Å². The Kier molecular flexibility index (Phi) is 4.91. The van der Waals surface area contributed by atoms with E-state index in [1.807, 2.05) is 0 Å². The Morgan fingerprint density at radius 1 is 0.650 bits per heavy atom. The zero-order valence-corrected chi connectivity index (χ0v) is 8.88. The van der Waals surface area contributed by atoms with Gasteiger partial charge in [-0.3, -0.25) is 4.74 Å². The molecule has 0 aliphatic rings. The maximum absolute atomic E-state index is 13.0. The number of halogens is 11. The third-order valence-corrected chi connectivity index (χ3v) is 1.70. The molecule has 0 aliphatic heterocycles. The molecule has 0 rings (SSSR count). The Bertz CT molecular complexity index is 340. The van der Waals surface area contributed by atoms with Gasteiger partial charge >= 0.3 is 30.4 Å². The van der Waals surface area contributed by atoms with Crippen molar-refractivity contribution in [1.29, 1.82) is 0 Å². The highest BCUT2D eigenvalue weighted by molar-refractivity contribution is 4.89. The van der Waals surface area contributed by atoms with Gasteiger partial charge in [0, 0.05) is 7.11 Å². The van der Waals surface area contributed by atoms with Crippen LogP contribution in [0.2, 0.25) is 0 Å². The van der Waals surface area contributed by atoms with E-state index in [4.69, 9.17) is 0 Å². The van der Waals surface area contributed by atoms with E-state index in [-0.39, 0.29) is 7.11 Å². The van der Waals surface area contributed by atoms with E-state index in [2.05, 4.69) is 4.74 Å². The molecule has 0 spiro atoms. The van der Waals surface area contributed by atoms with Crippen LogP contribution in [0.4, 0.5) is 48.4 Å². The maximum atomic E-state index is 13.0. The van der Waals surface area contributed by atoms with E-state index in [0.717, 1.165) is 0 Å². The minimum atomic E-state index is -6.94. The standard InChI is InChI=1S/C6H3F11O3/c1-18-4(11,12)2(7,3(8,9)10)19-5(13,14)6(15,16)20-17/h1H3.